The van der Waals surface area contributed by atoms with Crippen molar-refractivity contribution in [2.45, 2.75) is 50.9 Å². The molecular weight excluding hydrogens is 336 g/mol. The van der Waals surface area contributed by atoms with Gasteiger partial charge in [0.1, 0.15) is 0 Å². The van der Waals surface area contributed by atoms with Crippen LogP contribution in [0.5, 0.6) is 0 Å². The van der Waals surface area contributed by atoms with Crippen LogP contribution < -0.4 is 5.73 Å². The zero-order chi connectivity index (χ0) is 17.9. The van der Waals surface area contributed by atoms with E-state index in [4.69, 9.17) is 15.1 Å². The van der Waals surface area contributed by atoms with Crippen molar-refractivity contribution in [1.29, 1.82) is 0 Å². The highest BCUT2D eigenvalue weighted by Crippen LogP contribution is 2.61. The molecule has 2 heterocycles. The molecule has 0 radical (unpaired) electrons. The zero-order valence-corrected chi connectivity index (χ0v) is 14.7. The van der Waals surface area contributed by atoms with Gasteiger partial charge in [0.15, 0.2) is 5.69 Å². The Hall–Kier alpha value is -2.45. The predicted molar refractivity (Wildman–Crippen MR) is 89.4 cm³/mol. The molecule has 0 aliphatic heterocycles. The SMILES string of the molecule is CCOC(=O)c1nnn(-c2nonc2N)c1C12CC3CC(CC(C3)C1)C2. The zero-order valence-electron chi connectivity index (χ0n) is 14.7. The summed E-state index contributed by atoms with van der Waals surface area (Å²) in [6.45, 7) is 2.08. The molecule has 2 aromatic rings. The van der Waals surface area contributed by atoms with Crippen molar-refractivity contribution in [3.63, 3.8) is 0 Å². The van der Waals surface area contributed by atoms with E-state index in [1.807, 2.05) is 0 Å². The van der Waals surface area contributed by atoms with Crippen LogP contribution in [0.25, 0.3) is 5.82 Å². The first-order valence-electron chi connectivity index (χ1n) is 9.31. The molecule has 9 heteroatoms. The van der Waals surface area contributed by atoms with E-state index in [1.54, 1.807) is 11.6 Å². The van der Waals surface area contributed by atoms with E-state index in [2.05, 4.69) is 20.6 Å². The summed E-state index contributed by atoms with van der Waals surface area (Å²) in [6, 6.07) is 0. The second-order valence-electron chi connectivity index (χ2n) is 8.09. The molecule has 138 valence electrons. The number of aromatic nitrogens is 5. The lowest BCUT2D eigenvalue weighted by molar-refractivity contribution is -0.00922. The number of hydrogen-bond donors (Lipinski definition) is 1. The Morgan fingerprint density at radius 2 is 1.88 bits per heavy atom. The van der Waals surface area contributed by atoms with Crippen molar-refractivity contribution in [2.75, 3.05) is 12.3 Å². The fourth-order valence-electron chi connectivity index (χ4n) is 5.98. The van der Waals surface area contributed by atoms with E-state index < -0.39 is 5.97 Å². The molecule has 2 aromatic heterocycles. The summed E-state index contributed by atoms with van der Waals surface area (Å²) in [5.41, 5.74) is 6.82. The van der Waals surface area contributed by atoms with Crippen molar-refractivity contribution in [3.05, 3.63) is 11.4 Å². The molecule has 4 saturated carbocycles. The molecule has 6 rings (SSSR count). The van der Waals surface area contributed by atoms with Crippen LogP contribution in [0.1, 0.15) is 61.6 Å². The molecule has 0 unspecified atom stereocenters. The predicted octanol–water partition coefficient (Wildman–Crippen LogP) is 1.88. The fourth-order valence-corrected chi connectivity index (χ4v) is 5.98. The second-order valence-corrected chi connectivity index (χ2v) is 8.09. The van der Waals surface area contributed by atoms with E-state index in [1.165, 1.54) is 19.3 Å². The standard InChI is InChI=1S/C17H22N6O3/c1-2-25-16(24)12-13(23(22-19-12)15-14(18)20-26-21-15)17-6-9-3-10(7-17)5-11(4-9)8-17/h9-11H,2-8H2,1H3,(H2,18,20). The smallest absolute Gasteiger partial charge is 0.360 e. The van der Waals surface area contributed by atoms with E-state index in [9.17, 15) is 4.79 Å². The highest BCUT2D eigenvalue weighted by Gasteiger charge is 2.55. The summed E-state index contributed by atoms with van der Waals surface area (Å²) >= 11 is 0. The second kappa shape index (κ2) is 5.52. The number of anilines is 1. The molecule has 0 saturated heterocycles. The average Bonchev–Trinajstić information content (AvgIpc) is 3.20. The highest BCUT2D eigenvalue weighted by molar-refractivity contribution is 5.89. The summed E-state index contributed by atoms with van der Waals surface area (Å²) in [7, 11) is 0. The molecule has 4 aliphatic rings. The number of nitrogens with two attached hydrogens (primary N) is 1. The van der Waals surface area contributed by atoms with Crippen molar-refractivity contribution < 1.29 is 14.2 Å². The van der Waals surface area contributed by atoms with Crippen LogP contribution in [-0.2, 0) is 10.2 Å². The Balaban J connectivity index is 1.68. The van der Waals surface area contributed by atoms with Gasteiger partial charge in [-0.2, -0.15) is 4.68 Å². The van der Waals surface area contributed by atoms with Crippen LogP contribution in [-0.4, -0.2) is 37.9 Å². The third kappa shape index (κ3) is 2.18. The van der Waals surface area contributed by atoms with Crippen molar-refractivity contribution in [1.82, 2.24) is 25.3 Å². The molecule has 9 nitrogen and oxygen atoms in total. The van der Waals surface area contributed by atoms with Gasteiger partial charge in [-0.1, -0.05) is 5.21 Å². The molecular formula is C17H22N6O3. The van der Waals surface area contributed by atoms with Crippen LogP contribution >= 0.6 is 0 Å². The number of nitrogen functional groups attached to an aromatic ring is 1. The molecule has 4 aliphatic carbocycles. The Kier molecular flexibility index (Phi) is 3.35. The van der Waals surface area contributed by atoms with Crippen LogP contribution in [0.3, 0.4) is 0 Å². The number of ether oxygens (including phenoxy) is 1. The van der Waals surface area contributed by atoms with Gasteiger partial charge in [-0.3, -0.25) is 0 Å². The fraction of sp³-hybridized carbons (Fsp3) is 0.706. The first kappa shape index (κ1) is 15.8. The maximum atomic E-state index is 12.6. The van der Waals surface area contributed by atoms with Crippen LogP contribution in [0.4, 0.5) is 5.82 Å². The molecule has 2 N–H and O–H groups in total. The quantitative estimate of drug-likeness (QED) is 0.822. The number of hydrogen-bond acceptors (Lipinski definition) is 8. The topological polar surface area (TPSA) is 122 Å². The lowest BCUT2D eigenvalue weighted by atomic mass is 9.48. The largest absolute Gasteiger partial charge is 0.461 e. The third-order valence-corrected chi connectivity index (χ3v) is 6.38. The molecule has 26 heavy (non-hydrogen) atoms. The van der Waals surface area contributed by atoms with Crippen LogP contribution in [0, 0.1) is 17.8 Å². The average molecular weight is 358 g/mol. The Morgan fingerprint density at radius 3 is 2.42 bits per heavy atom. The van der Waals surface area contributed by atoms with Crippen LogP contribution in [0.15, 0.2) is 4.63 Å². The molecule has 0 atom stereocenters. The van der Waals surface area contributed by atoms with E-state index in [0.717, 1.165) is 25.0 Å². The van der Waals surface area contributed by atoms with Crippen LogP contribution in [0.2, 0.25) is 0 Å². The van der Waals surface area contributed by atoms with E-state index >= 15 is 0 Å². The molecule has 4 fully saturated rings. The Bertz CT molecular complexity index is 821. The number of carbonyl (C=O) groups excluding carboxylic acids is 1. The lowest BCUT2D eigenvalue weighted by Crippen LogP contribution is -2.50. The summed E-state index contributed by atoms with van der Waals surface area (Å²) in [6.07, 6.45) is 7.02. The van der Waals surface area contributed by atoms with E-state index in [-0.39, 0.29) is 16.9 Å². The van der Waals surface area contributed by atoms with Gasteiger partial charge in [0.05, 0.1) is 12.3 Å². The number of nitrogens with zero attached hydrogens (tertiary/aromatic N) is 5. The third-order valence-electron chi connectivity index (χ3n) is 6.38. The maximum absolute atomic E-state index is 12.6. The summed E-state index contributed by atoms with van der Waals surface area (Å²) in [4.78, 5) is 12.6. The van der Waals surface area contributed by atoms with Gasteiger partial charge in [0, 0.05) is 5.41 Å². The molecule has 0 spiro atoms. The van der Waals surface area contributed by atoms with Gasteiger partial charge in [-0.15, -0.1) is 5.10 Å². The Morgan fingerprint density at radius 1 is 1.23 bits per heavy atom. The first-order valence-corrected chi connectivity index (χ1v) is 9.31. The minimum atomic E-state index is -0.445. The van der Waals surface area contributed by atoms with Gasteiger partial charge in [-0.25, -0.2) is 9.42 Å². The Labute approximate surface area is 150 Å². The van der Waals surface area contributed by atoms with Crippen molar-refractivity contribution >= 4 is 11.8 Å². The summed E-state index contributed by atoms with van der Waals surface area (Å²) < 4.78 is 11.6. The van der Waals surface area contributed by atoms with Gasteiger partial charge < -0.3 is 10.5 Å². The molecule has 0 aromatic carbocycles. The summed E-state index contributed by atoms with van der Waals surface area (Å²) in [5, 5.41) is 15.9. The van der Waals surface area contributed by atoms with Gasteiger partial charge >= 0.3 is 5.97 Å². The number of carbonyl (C=O) groups is 1. The van der Waals surface area contributed by atoms with Gasteiger partial charge in [0.2, 0.25) is 11.6 Å². The van der Waals surface area contributed by atoms with Crippen molar-refractivity contribution in [2.24, 2.45) is 17.8 Å². The highest BCUT2D eigenvalue weighted by atomic mass is 16.6. The molecule has 0 amide bonds. The lowest BCUT2D eigenvalue weighted by Gasteiger charge is -2.56. The summed E-state index contributed by atoms with van der Waals surface area (Å²) in [5.74, 6) is 2.09. The van der Waals surface area contributed by atoms with Gasteiger partial charge in [0.25, 0.3) is 0 Å². The van der Waals surface area contributed by atoms with Gasteiger partial charge in [-0.05, 0) is 73.5 Å². The normalized spacial score (nSPS) is 32.1. The molecule has 4 bridgehead atoms. The minimum Gasteiger partial charge on any atom is -0.461 e. The minimum absolute atomic E-state index is 0.133. The number of esters is 1. The first-order chi connectivity index (χ1) is 12.6. The van der Waals surface area contributed by atoms with Crippen molar-refractivity contribution in [3.8, 4) is 5.82 Å². The monoisotopic (exact) mass is 358 g/mol. The number of rotatable bonds is 4. The van der Waals surface area contributed by atoms with E-state index in [0.29, 0.717) is 30.2 Å². The maximum Gasteiger partial charge on any atom is 0.360 e.